The summed E-state index contributed by atoms with van der Waals surface area (Å²) in [5.74, 6) is -0.794. The topological polar surface area (TPSA) is 111 Å². The molecule has 1 amide bonds. The molecule has 1 aromatic carbocycles. The highest BCUT2D eigenvalue weighted by atomic mass is 32.2. The van der Waals surface area contributed by atoms with Gasteiger partial charge in [0.05, 0.1) is 11.1 Å². The Kier molecular flexibility index (Phi) is 4.18. The van der Waals surface area contributed by atoms with E-state index in [1.165, 1.54) is 11.0 Å². The first-order valence-electron chi connectivity index (χ1n) is 7.57. The van der Waals surface area contributed by atoms with Crippen molar-refractivity contribution in [2.45, 2.75) is 13.3 Å². The number of primary sulfonamides is 1. The maximum atomic E-state index is 12.6. The average Bonchev–Trinajstić information content (AvgIpc) is 2.92. The van der Waals surface area contributed by atoms with Crippen LogP contribution in [0.15, 0.2) is 33.5 Å². The van der Waals surface area contributed by atoms with E-state index < -0.39 is 15.9 Å². The van der Waals surface area contributed by atoms with Crippen LogP contribution in [-0.2, 0) is 10.0 Å². The normalized spacial score (nSPS) is 18.2. The fourth-order valence-corrected chi connectivity index (χ4v) is 3.93. The summed E-state index contributed by atoms with van der Waals surface area (Å²) in [6, 6.07) is 6.37. The molecule has 0 radical (unpaired) electrons. The standard InChI is InChI=1S/C16H18N2O5S/c1-10-2-3-12-13(19)7-15(23-14(12)6-10)16(20)18-5-4-11(8-18)9-24(17,21)22/h2-3,6-7,11H,4-5,8-9H2,1H3,(H2,17,21,22)/t11-/m0/s1. The first kappa shape index (κ1) is 16.7. The Morgan fingerprint density at radius 1 is 1.38 bits per heavy atom. The van der Waals surface area contributed by atoms with E-state index in [4.69, 9.17) is 9.56 Å². The van der Waals surface area contributed by atoms with Crippen LogP contribution in [0.5, 0.6) is 0 Å². The molecule has 1 saturated heterocycles. The van der Waals surface area contributed by atoms with E-state index in [9.17, 15) is 18.0 Å². The van der Waals surface area contributed by atoms with Gasteiger partial charge in [0.2, 0.25) is 10.0 Å². The Hall–Kier alpha value is -2.19. The van der Waals surface area contributed by atoms with Crippen LogP contribution in [0.4, 0.5) is 0 Å². The Morgan fingerprint density at radius 2 is 2.12 bits per heavy atom. The molecule has 0 saturated carbocycles. The number of aryl methyl sites for hydroxylation is 1. The molecule has 0 unspecified atom stereocenters. The molecule has 3 rings (SSSR count). The fraction of sp³-hybridized carbons (Fsp3) is 0.375. The molecular weight excluding hydrogens is 332 g/mol. The minimum Gasteiger partial charge on any atom is -0.451 e. The zero-order chi connectivity index (χ0) is 17.5. The maximum absolute atomic E-state index is 12.6. The number of benzene rings is 1. The van der Waals surface area contributed by atoms with Gasteiger partial charge in [0.25, 0.3) is 5.91 Å². The minimum absolute atomic E-state index is 0.0330. The minimum atomic E-state index is -3.57. The van der Waals surface area contributed by atoms with Crippen molar-refractivity contribution in [1.82, 2.24) is 4.90 Å². The third kappa shape index (κ3) is 3.49. The number of carbonyl (C=O) groups is 1. The summed E-state index contributed by atoms with van der Waals surface area (Å²) in [5, 5.41) is 5.48. The van der Waals surface area contributed by atoms with Gasteiger partial charge < -0.3 is 9.32 Å². The lowest BCUT2D eigenvalue weighted by molar-refractivity contribution is 0.0757. The molecule has 0 aliphatic carbocycles. The van der Waals surface area contributed by atoms with Crippen molar-refractivity contribution in [3.05, 3.63) is 45.8 Å². The summed E-state index contributed by atoms with van der Waals surface area (Å²) in [7, 11) is -3.57. The molecule has 1 aromatic heterocycles. The molecule has 0 spiro atoms. The van der Waals surface area contributed by atoms with Gasteiger partial charge >= 0.3 is 0 Å². The van der Waals surface area contributed by atoms with Crippen LogP contribution < -0.4 is 10.6 Å². The first-order valence-corrected chi connectivity index (χ1v) is 9.29. The van der Waals surface area contributed by atoms with E-state index in [-0.39, 0.29) is 29.4 Å². The lowest BCUT2D eigenvalue weighted by atomic mass is 10.1. The summed E-state index contributed by atoms with van der Waals surface area (Å²) in [5.41, 5.74) is 1.01. The monoisotopic (exact) mass is 350 g/mol. The van der Waals surface area contributed by atoms with E-state index in [2.05, 4.69) is 0 Å². The summed E-state index contributed by atoms with van der Waals surface area (Å²) >= 11 is 0. The van der Waals surface area contributed by atoms with Crippen molar-refractivity contribution in [2.24, 2.45) is 11.1 Å². The number of sulfonamides is 1. The van der Waals surface area contributed by atoms with Crippen LogP contribution >= 0.6 is 0 Å². The van der Waals surface area contributed by atoms with E-state index in [1.54, 1.807) is 18.2 Å². The molecular formula is C16H18N2O5S. The second-order valence-electron chi connectivity index (χ2n) is 6.21. The quantitative estimate of drug-likeness (QED) is 0.882. The number of nitrogens with two attached hydrogens (primary N) is 1. The van der Waals surface area contributed by atoms with Gasteiger partial charge in [-0.2, -0.15) is 0 Å². The number of likely N-dealkylation sites (tertiary alicyclic amines) is 1. The smallest absolute Gasteiger partial charge is 0.289 e. The van der Waals surface area contributed by atoms with Crippen molar-refractivity contribution in [2.75, 3.05) is 18.8 Å². The summed E-state index contributed by atoms with van der Waals surface area (Å²) in [6.07, 6.45) is 0.555. The van der Waals surface area contributed by atoms with Crippen molar-refractivity contribution in [3.63, 3.8) is 0 Å². The third-order valence-corrected chi connectivity index (χ3v) is 5.07. The van der Waals surface area contributed by atoms with E-state index >= 15 is 0 Å². The first-order chi connectivity index (χ1) is 11.2. The third-order valence-electron chi connectivity index (χ3n) is 4.14. The van der Waals surface area contributed by atoms with E-state index in [1.807, 2.05) is 6.92 Å². The predicted molar refractivity (Wildman–Crippen MR) is 89.2 cm³/mol. The van der Waals surface area contributed by atoms with Crippen LogP contribution in [0.1, 0.15) is 22.5 Å². The van der Waals surface area contributed by atoms with Gasteiger partial charge in [-0.25, -0.2) is 13.6 Å². The number of hydrogen-bond acceptors (Lipinski definition) is 5. The van der Waals surface area contributed by atoms with Gasteiger partial charge in [0.1, 0.15) is 5.58 Å². The number of rotatable bonds is 3. The maximum Gasteiger partial charge on any atom is 0.289 e. The number of hydrogen-bond donors (Lipinski definition) is 1. The van der Waals surface area contributed by atoms with Crippen molar-refractivity contribution in [1.29, 1.82) is 0 Å². The second-order valence-corrected chi connectivity index (χ2v) is 7.87. The number of carbonyl (C=O) groups excluding carboxylic acids is 1. The number of fused-ring (bicyclic) bond motifs is 1. The highest BCUT2D eigenvalue weighted by molar-refractivity contribution is 7.89. The zero-order valence-electron chi connectivity index (χ0n) is 13.2. The van der Waals surface area contributed by atoms with Gasteiger partial charge in [0, 0.05) is 19.2 Å². The molecule has 128 valence electrons. The van der Waals surface area contributed by atoms with Gasteiger partial charge in [-0.15, -0.1) is 0 Å². The van der Waals surface area contributed by atoms with Crippen molar-refractivity contribution in [3.8, 4) is 0 Å². The Labute approximate surface area is 139 Å². The van der Waals surface area contributed by atoms with E-state index in [0.717, 1.165) is 5.56 Å². The summed E-state index contributed by atoms with van der Waals surface area (Å²) in [4.78, 5) is 26.2. The van der Waals surface area contributed by atoms with Crippen LogP contribution in [0.25, 0.3) is 11.0 Å². The summed E-state index contributed by atoms with van der Waals surface area (Å²) in [6.45, 7) is 2.56. The molecule has 8 heteroatoms. The van der Waals surface area contributed by atoms with Gasteiger partial charge in [0.15, 0.2) is 11.2 Å². The Balaban J connectivity index is 1.86. The molecule has 1 aliphatic rings. The summed E-state index contributed by atoms with van der Waals surface area (Å²) < 4.78 is 27.9. The number of amides is 1. The van der Waals surface area contributed by atoms with Crippen LogP contribution in [0.3, 0.4) is 0 Å². The molecule has 7 nitrogen and oxygen atoms in total. The van der Waals surface area contributed by atoms with Gasteiger partial charge in [-0.3, -0.25) is 9.59 Å². The molecule has 1 aliphatic heterocycles. The van der Waals surface area contributed by atoms with Crippen LogP contribution in [0, 0.1) is 12.8 Å². The van der Waals surface area contributed by atoms with Crippen molar-refractivity contribution < 1.29 is 17.6 Å². The molecule has 2 aromatic rings. The van der Waals surface area contributed by atoms with Crippen LogP contribution in [0.2, 0.25) is 0 Å². The lowest BCUT2D eigenvalue weighted by Crippen LogP contribution is -2.31. The average molecular weight is 350 g/mol. The highest BCUT2D eigenvalue weighted by Gasteiger charge is 2.30. The zero-order valence-corrected chi connectivity index (χ0v) is 14.0. The van der Waals surface area contributed by atoms with Gasteiger partial charge in [-0.05, 0) is 37.0 Å². The molecule has 24 heavy (non-hydrogen) atoms. The molecule has 2 N–H and O–H groups in total. The Bertz CT molecular complexity index is 964. The lowest BCUT2D eigenvalue weighted by Gasteiger charge is -2.15. The highest BCUT2D eigenvalue weighted by Crippen LogP contribution is 2.21. The number of nitrogens with zero attached hydrogens (tertiary/aromatic N) is 1. The van der Waals surface area contributed by atoms with E-state index in [0.29, 0.717) is 23.9 Å². The molecule has 1 fully saturated rings. The molecule has 1 atom stereocenters. The van der Waals surface area contributed by atoms with Crippen molar-refractivity contribution >= 4 is 26.9 Å². The largest absolute Gasteiger partial charge is 0.451 e. The predicted octanol–water partition coefficient (Wildman–Crippen LogP) is 0.852. The molecule has 2 heterocycles. The second kappa shape index (κ2) is 6.03. The van der Waals surface area contributed by atoms with Gasteiger partial charge in [-0.1, -0.05) is 6.07 Å². The molecule has 0 bridgehead atoms. The Morgan fingerprint density at radius 3 is 2.83 bits per heavy atom. The SMILES string of the molecule is Cc1ccc2c(=O)cc(C(=O)N3CC[C@H](CS(N)(=O)=O)C3)oc2c1. The van der Waals surface area contributed by atoms with Crippen LogP contribution in [-0.4, -0.2) is 38.1 Å². The fourth-order valence-electron chi connectivity index (χ4n) is 3.01.